The first-order valence-electron chi connectivity index (χ1n) is 8.22. The maximum Gasteiger partial charge on any atom is 0.277 e. The molecule has 1 N–H and O–H groups in total. The number of ether oxygens (including phenoxy) is 2. The highest BCUT2D eigenvalue weighted by molar-refractivity contribution is 7.89. The Kier molecular flexibility index (Phi) is 6.26. The SMILES string of the molecule is CCOc1cccc(/C=N/NS(=O)(=O)c2c(C)cc(C)cc2C)c1OC. The summed E-state index contributed by atoms with van der Waals surface area (Å²) in [7, 11) is -2.24. The summed E-state index contributed by atoms with van der Waals surface area (Å²) in [4.78, 5) is 2.52. The first kappa shape index (κ1) is 19.8. The lowest BCUT2D eigenvalue weighted by atomic mass is 10.1. The second-order valence-electron chi connectivity index (χ2n) is 5.89. The van der Waals surface area contributed by atoms with Crippen molar-refractivity contribution in [3.8, 4) is 11.5 Å². The van der Waals surface area contributed by atoms with E-state index in [4.69, 9.17) is 9.47 Å². The number of nitrogens with one attached hydrogen (secondary N) is 1. The van der Waals surface area contributed by atoms with Crippen LogP contribution >= 0.6 is 0 Å². The summed E-state index contributed by atoms with van der Waals surface area (Å²) >= 11 is 0. The lowest BCUT2D eigenvalue weighted by Crippen LogP contribution is -2.20. The van der Waals surface area contributed by atoms with Gasteiger partial charge in [0.2, 0.25) is 0 Å². The van der Waals surface area contributed by atoms with Gasteiger partial charge in [-0.2, -0.15) is 13.5 Å². The van der Waals surface area contributed by atoms with E-state index in [0.29, 0.717) is 34.8 Å². The molecule has 7 heteroatoms. The van der Waals surface area contributed by atoms with Crippen LogP contribution < -0.4 is 14.3 Å². The van der Waals surface area contributed by atoms with E-state index in [-0.39, 0.29) is 4.90 Å². The molecule has 0 amide bonds. The summed E-state index contributed by atoms with van der Waals surface area (Å²) in [5.74, 6) is 1.08. The Balaban J connectivity index is 2.30. The van der Waals surface area contributed by atoms with Crippen molar-refractivity contribution in [1.82, 2.24) is 4.83 Å². The maximum absolute atomic E-state index is 12.6. The van der Waals surface area contributed by atoms with Crippen LogP contribution in [0.5, 0.6) is 11.5 Å². The molecular weight excluding hydrogens is 352 g/mol. The number of hydrogen-bond acceptors (Lipinski definition) is 5. The van der Waals surface area contributed by atoms with Gasteiger partial charge in [-0.25, -0.2) is 4.83 Å². The normalized spacial score (nSPS) is 11.6. The molecular formula is C19H24N2O4S. The third-order valence-corrected chi connectivity index (χ3v) is 5.29. The zero-order chi connectivity index (χ0) is 19.3. The van der Waals surface area contributed by atoms with Crippen LogP contribution in [0, 0.1) is 20.8 Å². The smallest absolute Gasteiger partial charge is 0.277 e. The van der Waals surface area contributed by atoms with Gasteiger partial charge in [-0.3, -0.25) is 0 Å². The summed E-state index contributed by atoms with van der Waals surface area (Å²) in [5, 5.41) is 3.91. The van der Waals surface area contributed by atoms with Crippen molar-refractivity contribution in [3.63, 3.8) is 0 Å². The number of aryl methyl sites for hydroxylation is 3. The molecule has 0 radical (unpaired) electrons. The molecule has 0 saturated heterocycles. The number of sulfonamides is 1. The van der Waals surface area contributed by atoms with Crippen LogP contribution in [-0.2, 0) is 10.0 Å². The molecule has 2 rings (SSSR count). The zero-order valence-electron chi connectivity index (χ0n) is 15.7. The molecule has 6 nitrogen and oxygen atoms in total. The summed E-state index contributed by atoms with van der Waals surface area (Å²) in [6, 6.07) is 9.00. The molecule has 0 unspecified atom stereocenters. The molecule has 140 valence electrons. The van der Waals surface area contributed by atoms with E-state index in [1.54, 1.807) is 32.0 Å². The first-order chi connectivity index (χ1) is 12.3. The molecule has 0 bridgehead atoms. The maximum atomic E-state index is 12.6. The Bertz CT molecular complexity index is 898. The lowest BCUT2D eigenvalue weighted by Gasteiger charge is -2.12. The molecule has 2 aromatic carbocycles. The van der Waals surface area contributed by atoms with E-state index in [1.807, 2.05) is 26.0 Å². The number of benzene rings is 2. The van der Waals surface area contributed by atoms with Gasteiger partial charge in [-0.05, 0) is 51.0 Å². The van der Waals surface area contributed by atoms with Gasteiger partial charge in [0.05, 0.1) is 24.8 Å². The Labute approximate surface area is 154 Å². The predicted octanol–water partition coefficient (Wildman–Crippen LogP) is 3.33. The van der Waals surface area contributed by atoms with Gasteiger partial charge in [0.1, 0.15) is 0 Å². The van der Waals surface area contributed by atoms with Gasteiger partial charge in [0, 0.05) is 5.56 Å². The van der Waals surface area contributed by atoms with E-state index in [0.717, 1.165) is 5.56 Å². The Hall–Kier alpha value is -2.54. The fourth-order valence-electron chi connectivity index (χ4n) is 2.92. The molecule has 0 fully saturated rings. The van der Waals surface area contributed by atoms with Gasteiger partial charge < -0.3 is 9.47 Å². The second kappa shape index (κ2) is 8.23. The third kappa shape index (κ3) is 4.35. The summed E-state index contributed by atoms with van der Waals surface area (Å²) < 4.78 is 36.1. The third-order valence-electron chi connectivity index (χ3n) is 3.76. The quantitative estimate of drug-likeness (QED) is 0.594. The van der Waals surface area contributed by atoms with Crippen molar-refractivity contribution < 1.29 is 17.9 Å². The Morgan fingerprint density at radius 1 is 1.15 bits per heavy atom. The van der Waals surface area contributed by atoms with Gasteiger partial charge in [0.25, 0.3) is 10.0 Å². The van der Waals surface area contributed by atoms with E-state index in [9.17, 15) is 8.42 Å². The minimum absolute atomic E-state index is 0.246. The molecule has 2 aromatic rings. The summed E-state index contributed by atoms with van der Waals surface area (Å²) in [6.45, 7) is 7.84. The Morgan fingerprint density at radius 3 is 2.38 bits per heavy atom. The van der Waals surface area contributed by atoms with Gasteiger partial charge >= 0.3 is 0 Å². The monoisotopic (exact) mass is 376 g/mol. The molecule has 26 heavy (non-hydrogen) atoms. The summed E-state index contributed by atoms with van der Waals surface area (Å²) in [6.07, 6.45) is 1.40. The largest absolute Gasteiger partial charge is 0.492 e. The molecule has 0 aliphatic rings. The number of methoxy groups -OCH3 is 1. The Morgan fingerprint density at radius 2 is 1.81 bits per heavy atom. The zero-order valence-corrected chi connectivity index (χ0v) is 16.5. The average Bonchev–Trinajstić information content (AvgIpc) is 2.54. The highest BCUT2D eigenvalue weighted by atomic mass is 32.2. The first-order valence-corrected chi connectivity index (χ1v) is 9.71. The molecule has 0 aromatic heterocycles. The number of hydrogen-bond donors (Lipinski definition) is 1. The molecule has 0 aliphatic carbocycles. The minimum atomic E-state index is -3.77. The number of nitrogens with zero attached hydrogens (tertiary/aromatic N) is 1. The fourth-order valence-corrected chi connectivity index (χ4v) is 4.17. The standard InChI is InChI=1S/C19H24N2O4S/c1-6-25-17-9-7-8-16(18(17)24-5)12-20-21-26(22,23)19-14(3)10-13(2)11-15(19)4/h7-12,21H,6H2,1-5H3/b20-12+. The minimum Gasteiger partial charge on any atom is -0.492 e. The van der Waals surface area contributed by atoms with E-state index in [1.165, 1.54) is 13.3 Å². The van der Waals surface area contributed by atoms with E-state index < -0.39 is 10.0 Å². The number of rotatable bonds is 7. The predicted molar refractivity (Wildman–Crippen MR) is 103 cm³/mol. The van der Waals surface area contributed by atoms with Gasteiger partial charge in [0.15, 0.2) is 11.5 Å². The van der Waals surface area contributed by atoms with Crippen molar-refractivity contribution in [2.75, 3.05) is 13.7 Å². The van der Waals surface area contributed by atoms with Crippen molar-refractivity contribution >= 4 is 16.2 Å². The average molecular weight is 376 g/mol. The van der Waals surface area contributed by atoms with Crippen molar-refractivity contribution in [2.24, 2.45) is 5.10 Å². The number of hydrazone groups is 1. The van der Waals surface area contributed by atoms with Gasteiger partial charge in [-0.1, -0.05) is 23.8 Å². The van der Waals surface area contributed by atoms with E-state index >= 15 is 0 Å². The van der Waals surface area contributed by atoms with Crippen LogP contribution in [0.4, 0.5) is 0 Å². The highest BCUT2D eigenvalue weighted by Gasteiger charge is 2.19. The van der Waals surface area contributed by atoms with Crippen LogP contribution in [0.3, 0.4) is 0 Å². The van der Waals surface area contributed by atoms with E-state index in [2.05, 4.69) is 9.93 Å². The second-order valence-corrected chi connectivity index (χ2v) is 7.49. The van der Waals surface area contributed by atoms with Crippen molar-refractivity contribution in [1.29, 1.82) is 0 Å². The van der Waals surface area contributed by atoms with Crippen LogP contribution in [-0.4, -0.2) is 28.3 Å². The highest BCUT2D eigenvalue weighted by Crippen LogP contribution is 2.30. The van der Waals surface area contributed by atoms with Crippen molar-refractivity contribution in [2.45, 2.75) is 32.6 Å². The summed E-state index contributed by atoms with van der Waals surface area (Å²) in [5.41, 5.74) is 2.99. The fraction of sp³-hybridized carbons (Fsp3) is 0.316. The van der Waals surface area contributed by atoms with Crippen LogP contribution in [0.1, 0.15) is 29.2 Å². The lowest BCUT2D eigenvalue weighted by molar-refractivity contribution is 0.310. The topological polar surface area (TPSA) is 77.0 Å². The molecule has 0 saturated carbocycles. The van der Waals surface area contributed by atoms with Crippen molar-refractivity contribution in [3.05, 3.63) is 52.6 Å². The van der Waals surface area contributed by atoms with Gasteiger partial charge in [-0.15, -0.1) is 0 Å². The molecule has 0 spiro atoms. The molecule has 0 atom stereocenters. The van der Waals surface area contributed by atoms with Crippen LogP contribution in [0.25, 0.3) is 0 Å². The number of para-hydroxylation sites is 1. The molecule has 0 heterocycles. The van der Waals surface area contributed by atoms with Crippen LogP contribution in [0.2, 0.25) is 0 Å². The van der Waals surface area contributed by atoms with Crippen LogP contribution in [0.15, 0.2) is 40.3 Å². The molecule has 0 aliphatic heterocycles.